The van der Waals surface area contributed by atoms with E-state index in [0.717, 1.165) is 7.11 Å². The first-order valence-corrected chi connectivity index (χ1v) is 3.46. The average molecular weight is 196 g/mol. The Morgan fingerprint density at radius 2 is 2.00 bits per heavy atom. The summed E-state index contributed by atoms with van der Waals surface area (Å²) in [6.07, 6.45) is -1.05. The summed E-state index contributed by atoms with van der Waals surface area (Å²) < 4.78 is 28.8. The number of methoxy groups -OCH3 is 1. The lowest BCUT2D eigenvalue weighted by atomic mass is 10.0. The van der Waals surface area contributed by atoms with Crippen LogP contribution >= 0.6 is 0 Å². The van der Waals surface area contributed by atoms with Crippen LogP contribution in [0, 0.1) is 5.92 Å². The van der Waals surface area contributed by atoms with Crippen molar-refractivity contribution in [1.82, 2.24) is 0 Å². The Morgan fingerprint density at radius 1 is 1.54 bits per heavy atom. The summed E-state index contributed by atoms with van der Waals surface area (Å²) >= 11 is 0. The Labute approximate surface area is 73.5 Å². The Morgan fingerprint density at radius 3 is 2.23 bits per heavy atom. The van der Waals surface area contributed by atoms with E-state index in [1.54, 1.807) is 0 Å². The van der Waals surface area contributed by atoms with Gasteiger partial charge in [-0.2, -0.15) is 0 Å². The summed E-state index contributed by atoms with van der Waals surface area (Å²) in [6.45, 7) is 0.548. The Hall–Kier alpha value is -1.20. The molecular weight excluding hydrogens is 186 g/mol. The van der Waals surface area contributed by atoms with E-state index in [0.29, 0.717) is 6.92 Å². The lowest BCUT2D eigenvalue weighted by Gasteiger charge is -2.14. The zero-order valence-electron chi connectivity index (χ0n) is 7.21. The van der Waals surface area contributed by atoms with Crippen molar-refractivity contribution in [2.75, 3.05) is 7.11 Å². The van der Waals surface area contributed by atoms with Crippen LogP contribution in [0.15, 0.2) is 0 Å². The van der Waals surface area contributed by atoms with Gasteiger partial charge in [0.25, 0.3) is 0 Å². The van der Waals surface area contributed by atoms with Crippen LogP contribution in [0.1, 0.15) is 13.3 Å². The van der Waals surface area contributed by atoms with E-state index in [1.165, 1.54) is 0 Å². The van der Waals surface area contributed by atoms with Crippen molar-refractivity contribution in [3.8, 4) is 0 Å². The molecule has 0 aromatic rings. The molecule has 0 aliphatic carbocycles. The van der Waals surface area contributed by atoms with Gasteiger partial charge >= 0.3 is 11.9 Å². The summed E-state index contributed by atoms with van der Waals surface area (Å²) in [6, 6.07) is 0. The third-order valence-corrected chi connectivity index (χ3v) is 1.35. The molecule has 4 nitrogen and oxygen atoms in total. The molecule has 6 heteroatoms. The maximum atomic E-state index is 12.4. The standard InChI is InChI=1S/C7H10F2O4/c1-7(8,9)3-4(5(10)11)6(12)13-2/h4H,3H2,1-2H3,(H,10,11). The normalized spacial score (nSPS) is 13.5. The molecule has 0 aromatic heterocycles. The lowest BCUT2D eigenvalue weighted by molar-refractivity contribution is -0.161. The number of hydrogen-bond acceptors (Lipinski definition) is 3. The number of esters is 1. The summed E-state index contributed by atoms with van der Waals surface area (Å²) in [4.78, 5) is 21.0. The summed E-state index contributed by atoms with van der Waals surface area (Å²) in [5, 5.41) is 8.40. The van der Waals surface area contributed by atoms with E-state index in [9.17, 15) is 18.4 Å². The molecular formula is C7H10F2O4. The smallest absolute Gasteiger partial charge is 0.320 e. The molecule has 1 N–H and O–H groups in total. The molecule has 0 bridgehead atoms. The van der Waals surface area contributed by atoms with Gasteiger partial charge < -0.3 is 9.84 Å². The zero-order chi connectivity index (χ0) is 10.6. The zero-order valence-corrected chi connectivity index (χ0v) is 7.21. The fourth-order valence-corrected chi connectivity index (χ4v) is 0.772. The van der Waals surface area contributed by atoms with Crippen LogP contribution in [0.5, 0.6) is 0 Å². The van der Waals surface area contributed by atoms with Gasteiger partial charge in [-0.1, -0.05) is 0 Å². The maximum absolute atomic E-state index is 12.4. The first kappa shape index (κ1) is 11.8. The number of carboxylic acid groups (broad SMARTS) is 1. The molecule has 0 rings (SSSR count). The van der Waals surface area contributed by atoms with Crippen LogP contribution in [-0.4, -0.2) is 30.1 Å². The van der Waals surface area contributed by atoms with Crippen molar-refractivity contribution in [3.05, 3.63) is 0 Å². The lowest BCUT2D eigenvalue weighted by Crippen LogP contribution is -2.30. The van der Waals surface area contributed by atoms with Crippen molar-refractivity contribution in [1.29, 1.82) is 0 Å². The highest BCUT2D eigenvalue weighted by atomic mass is 19.3. The minimum Gasteiger partial charge on any atom is -0.481 e. The quantitative estimate of drug-likeness (QED) is 0.536. The minimum atomic E-state index is -3.20. The predicted molar refractivity (Wildman–Crippen MR) is 38.4 cm³/mol. The van der Waals surface area contributed by atoms with Crippen LogP contribution in [0.2, 0.25) is 0 Å². The van der Waals surface area contributed by atoms with Gasteiger partial charge in [0.15, 0.2) is 5.92 Å². The molecule has 0 aliphatic rings. The Balaban J connectivity index is 4.45. The van der Waals surface area contributed by atoms with Crippen LogP contribution in [0.4, 0.5) is 8.78 Å². The Bertz CT molecular complexity index is 209. The number of alkyl halides is 2. The predicted octanol–water partition coefficient (Wildman–Crippen LogP) is 0.905. The van der Waals surface area contributed by atoms with Crippen LogP contribution in [0.25, 0.3) is 0 Å². The molecule has 13 heavy (non-hydrogen) atoms. The van der Waals surface area contributed by atoms with Gasteiger partial charge in [-0.05, 0) is 6.92 Å². The molecule has 0 fully saturated rings. The third-order valence-electron chi connectivity index (χ3n) is 1.35. The second-order valence-corrected chi connectivity index (χ2v) is 2.69. The largest absolute Gasteiger partial charge is 0.481 e. The molecule has 1 atom stereocenters. The van der Waals surface area contributed by atoms with Gasteiger partial charge in [-0.3, -0.25) is 9.59 Å². The number of carbonyl (C=O) groups is 2. The van der Waals surface area contributed by atoms with Crippen molar-refractivity contribution in [2.45, 2.75) is 19.3 Å². The van der Waals surface area contributed by atoms with Gasteiger partial charge in [0.2, 0.25) is 5.92 Å². The molecule has 0 amide bonds. The highest BCUT2D eigenvalue weighted by Gasteiger charge is 2.36. The molecule has 76 valence electrons. The molecule has 1 unspecified atom stereocenters. The van der Waals surface area contributed by atoms with Crippen LogP contribution < -0.4 is 0 Å². The second-order valence-electron chi connectivity index (χ2n) is 2.69. The second kappa shape index (κ2) is 4.15. The number of carbonyl (C=O) groups excluding carboxylic acids is 1. The van der Waals surface area contributed by atoms with Crippen molar-refractivity contribution < 1.29 is 28.2 Å². The number of halogens is 2. The van der Waals surface area contributed by atoms with Gasteiger partial charge in [0, 0.05) is 6.42 Å². The van der Waals surface area contributed by atoms with E-state index < -0.39 is 30.2 Å². The minimum absolute atomic E-state index is 0.548. The molecule has 0 aliphatic heterocycles. The summed E-state index contributed by atoms with van der Waals surface area (Å²) in [5.41, 5.74) is 0. The van der Waals surface area contributed by atoms with E-state index in [2.05, 4.69) is 4.74 Å². The van der Waals surface area contributed by atoms with Crippen molar-refractivity contribution >= 4 is 11.9 Å². The SMILES string of the molecule is COC(=O)C(CC(C)(F)F)C(=O)O. The van der Waals surface area contributed by atoms with Gasteiger partial charge in [0.1, 0.15) is 0 Å². The highest BCUT2D eigenvalue weighted by Crippen LogP contribution is 2.23. The van der Waals surface area contributed by atoms with Crippen molar-refractivity contribution in [3.63, 3.8) is 0 Å². The Kier molecular flexibility index (Phi) is 3.77. The summed E-state index contributed by atoms with van der Waals surface area (Å²) in [5.74, 6) is -7.76. The fraction of sp³-hybridized carbons (Fsp3) is 0.714. The van der Waals surface area contributed by atoms with Gasteiger partial charge in [-0.15, -0.1) is 0 Å². The summed E-state index contributed by atoms with van der Waals surface area (Å²) in [7, 11) is 0.950. The number of carboxylic acids is 1. The molecule has 0 saturated heterocycles. The topological polar surface area (TPSA) is 63.6 Å². The first-order chi connectivity index (χ1) is 5.78. The number of ether oxygens (including phenoxy) is 1. The number of hydrogen-bond donors (Lipinski definition) is 1. The van der Waals surface area contributed by atoms with E-state index in [1.807, 2.05) is 0 Å². The molecule has 0 spiro atoms. The molecule has 0 aromatic carbocycles. The highest BCUT2D eigenvalue weighted by molar-refractivity contribution is 5.93. The van der Waals surface area contributed by atoms with E-state index in [4.69, 9.17) is 5.11 Å². The van der Waals surface area contributed by atoms with Crippen LogP contribution in [0.3, 0.4) is 0 Å². The van der Waals surface area contributed by atoms with Gasteiger partial charge in [0.05, 0.1) is 7.11 Å². The van der Waals surface area contributed by atoms with Crippen LogP contribution in [-0.2, 0) is 14.3 Å². The monoisotopic (exact) mass is 196 g/mol. The third kappa shape index (κ3) is 4.39. The molecule has 0 saturated carbocycles. The fourth-order valence-electron chi connectivity index (χ4n) is 0.772. The first-order valence-electron chi connectivity index (χ1n) is 3.46. The van der Waals surface area contributed by atoms with Crippen molar-refractivity contribution in [2.24, 2.45) is 5.92 Å². The maximum Gasteiger partial charge on any atom is 0.320 e. The molecule has 0 radical (unpaired) electrons. The number of rotatable bonds is 4. The number of aliphatic carboxylic acids is 1. The molecule has 0 heterocycles. The van der Waals surface area contributed by atoms with E-state index in [-0.39, 0.29) is 0 Å². The average Bonchev–Trinajstić information content (AvgIpc) is 1.96. The van der Waals surface area contributed by atoms with Gasteiger partial charge in [-0.25, -0.2) is 8.78 Å². The van der Waals surface area contributed by atoms with E-state index >= 15 is 0 Å².